The molecule has 24 heavy (non-hydrogen) atoms. The number of benzene rings is 2. The second-order valence-electron chi connectivity index (χ2n) is 4.92. The number of methoxy groups -OCH3 is 1. The zero-order valence-electron chi connectivity index (χ0n) is 12.8. The Balaban J connectivity index is 1.70. The summed E-state index contributed by atoms with van der Waals surface area (Å²) in [4.78, 5) is 14.9. The molecule has 0 aliphatic carbocycles. The summed E-state index contributed by atoms with van der Waals surface area (Å²) in [6, 6.07) is 13.8. The van der Waals surface area contributed by atoms with Crippen LogP contribution >= 0.6 is 11.3 Å². The largest absolute Gasteiger partial charge is 0.497 e. The molecule has 0 amide bonds. The smallest absolute Gasteiger partial charge is 0.273 e. The first-order valence-electron chi connectivity index (χ1n) is 7.12. The lowest BCUT2D eigenvalue weighted by molar-refractivity contribution is -0.384. The third kappa shape index (κ3) is 3.69. The van der Waals surface area contributed by atoms with Crippen LogP contribution < -0.4 is 9.47 Å². The standard InChI is InChI=1S/C17H14N2O4S/c1-22-15-6-2-4-12(8-15)17-18-13(11-24-17)10-23-16-7-3-5-14(9-16)19(20)21/h2-9,11H,10H2,1H3. The fourth-order valence-electron chi connectivity index (χ4n) is 2.11. The molecule has 0 spiro atoms. The highest BCUT2D eigenvalue weighted by Gasteiger charge is 2.09. The van der Waals surface area contributed by atoms with Crippen molar-refractivity contribution in [3.8, 4) is 22.1 Å². The van der Waals surface area contributed by atoms with Gasteiger partial charge in [0.15, 0.2) is 0 Å². The zero-order chi connectivity index (χ0) is 16.9. The molecule has 2 aromatic carbocycles. The van der Waals surface area contributed by atoms with Crippen LogP contribution in [0.3, 0.4) is 0 Å². The lowest BCUT2D eigenvalue weighted by Crippen LogP contribution is -1.96. The molecule has 122 valence electrons. The van der Waals surface area contributed by atoms with E-state index in [1.54, 1.807) is 19.2 Å². The van der Waals surface area contributed by atoms with E-state index in [2.05, 4.69) is 4.98 Å². The van der Waals surface area contributed by atoms with Crippen molar-refractivity contribution in [3.05, 3.63) is 69.7 Å². The van der Waals surface area contributed by atoms with Gasteiger partial charge in [-0.2, -0.15) is 0 Å². The first kappa shape index (κ1) is 15.9. The topological polar surface area (TPSA) is 74.5 Å². The average molecular weight is 342 g/mol. The number of nitro benzene ring substituents is 1. The summed E-state index contributed by atoms with van der Waals surface area (Å²) >= 11 is 1.51. The van der Waals surface area contributed by atoms with Crippen molar-refractivity contribution in [3.63, 3.8) is 0 Å². The van der Waals surface area contributed by atoms with Crippen LogP contribution in [0.15, 0.2) is 53.9 Å². The molecular weight excluding hydrogens is 328 g/mol. The van der Waals surface area contributed by atoms with Gasteiger partial charge < -0.3 is 9.47 Å². The second-order valence-corrected chi connectivity index (χ2v) is 5.78. The SMILES string of the molecule is COc1cccc(-c2nc(COc3cccc([N+](=O)[O-])c3)cs2)c1. The van der Waals surface area contributed by atoms with Gasteiger partial charge >= 0.3 is 0 Å². The molecule has 3 rings (SSSR count). The Labute approximate surface area is 142 Å². The van der Waals surface area contributed by atoms with Crippen molar-refractivity contribution >= 4 is 17.0 Å². The van der Waals surface area contributed by atoms with Crippen molar-refractivity contribution in [1.29, 1.82) is 0 Å². The Hall–Kier alpha value is -2.93. The number of nitrogens with zero attached hydrogens (tertiary/aromatic N) is 2. The minimum atomic E-state index is -0.448. The highest BCUT2D eigenvalue weighted by Crippen LogP contribution is 2.27. The first-order chi connectivity index (χ1) is 11.7. The molecule has 0 saturated carbocycles. The first-order valence-corrected chi connectivity index (χ1v) is 8.00. The van der Waals surface area contributed by atoms with E-state index >= 15 is 0 Å². The van der Waals surface area contributed by atoms with E-state index in [-0.39, 0.29) is 12.3 Å². The Morgan fingerprint density at radius 2 is 1.96 bits per heavy atom. The Bertz CT molecular complexity index is 863. The summed E-state index contributed by atoms with van der Waals surface area (Å²) in [5, 5.41) is 13.5. The summed E-state index contributed by atoms with van der Waals surface area (Å²) in [5.41, 5.74) is 1.74. The van der Waals surface area contributed by atoms with E-state index < -0.39 is 4.92 Å². The lowest BCUT2D eigenvalue weighted by atomic mass is 10.2. The van der Waals surface area contributed by atoms with Crippen molar-refractivity contribution in [2.24, 2.45) is 0 Å². The van der Waals surface area contributed by atoms with Gasteiger partial charge in [0.25, 0.3) is 5.69 Å². The molecule has 3 aromatic rings. The average Bonchev–Trinajstić information content (AvgIpc) is 3.09. The number of aromatic nitrogens is 1. The van der Waals surface area contributed by atoms with E-state index in [1.165, 1.54) is 23.5 Å². The van der Waals surface area contributed by atoms with Crippen LogP contribution in [0.25, 0.3) is 10.6 Å². The number of non-ortho nitro benzene ring substituents is 1. The molecule has 6 nitrogen and oxygen atoms in total. The molecule has 0 N–H and O–H groups in total. The third-order valence-electron chi connectivity index (χ3n) is 3.28. The normalized spacial score (nSPS) is 10.4. The molecule has 0 unspecified atom stereocenters. The van der Waals surface area contributed by atoms with Crippen LogP contribution in [-0.4, -0.2) is 17.0 Å². The number of hydrogen-bond acceptors (Lipinski definition) is 6. The number of rotatable bonds is 6. The maximum Gasteiger partial charge on any atom is 0.273 e. The summed E-state index contributed by atoms with van der Waals surface area (Å²) in [6.45, 7) is 0.252. The lowest BCUT2D eigenvalue weighted by Gasteiger charge is -2.04. The van der Waals surface area contributed by atoms with Gasteiger partial charge in [0.2, 0.25) is 0 Å². The Kier molecular flexibility index (Phi) is 4.72. The quantitative estimate of drug-likeness (QED) is 0.493. The van der Waals surface area contributed by atoms with Gasteiger partial charge in [0, 0.05) is 17.0 Å². The molecule has 0 bridgehead atoms. The fraction of sp³-hybridized carbons (Fsp3) is 0.118. The molecule has 1 aromatic heterocycles. The van der Waals surface area contributed by atoms with Crippen molar-refractivity contribution in [1.82, 2.24) is 4.98 Å². The minimum absolute atomic E-state index is 0.00264. The van der Waals surface area contributed by atoms with E-state index in [9.17, 15) is 10.1 Å². The molecule has 0 saturated heterocycles. The van der Waals surface area contributed by atoms with Crippen LogP contribution in [0.4, 0.5) is 5.69 Å². The van der Waals surface area contributed by atoms with Gasteiger partial charge in [0.1, 0.15) is 23.1 Å². The van der Waals surface area contributed by atoms with Gasteiger partial charge in [-0.05, 0) is 18.2 Å². The Morgan fingerprint density at radius 3 is 2.75 bits per heavy atom. The molecule has 1 heterocycles. The molecular formula is C17H14N2O4S. The van der Waals surface area contributed by atoms with Gasteiger partial charge in [-0.1, -0.05) is 18.2 Å². The summed E-state index contributed by atoms with van der Waals surface area (Å²) in [5.74, 6) is 1.22. The van der Waals surface area contributed by atoms with E-state index in [1.807, 2.05) is 29.6 Å². The van der Waals surface area contributed by atoms with Crippen LogP contribution in [0.2, 0.25) is 0 Å². The van der Waals surface area contributed by atoms with Crippen LogP contribution in [0.1, 0.15) is 5.69 Å². The molecule has 0 aliphatic rings. The zero-order valence-corrected chi connectivity index (χ0v) is 13.7. The maximum atomic E-state index is 10.8. The summed E-state index contributed by atoms with van der Waals surface area (Å²) in [6.07, 6.45) is 0. The molecule has 7 heteroatoms. The number of thiazole rings is 1. The van der Waals surface area contributed by atoms with Gasteiger partial charge in [-0.3, -0.25) is 10.1 Å². The highest BCUT2D eigenvalue weighted by molar-refractivity contribution is 7.13. The van der Waals surface area contributed by atoms with Gasteiger partial charge in [-0.15, -0.1) is 11.3 Å². The predicted octanol–water partition coefficient (Wildman–Crippen LogP) is 4.31. The number of nitro groups is 1. The van der Waals surface area contributed by atoms with Crippen LogP contribution in [-0.2, 0) is 6.61 Å². The highest BCUT2D eigenvalue weighted by atomic mass is 32.1. The molecule has 0 radical (unpaired) electrons. The van der Waals surface area contributed by atoms with Crippen LogP contribution in [0.5, 0.6) is 11.5 Å². The molecule has 0 atom stereocenters. The van der Waals surface area contributed by atoms with Crippen molar-refractivity contribution in [2.45, 2.75) is 6.61 Å². The van der Waals surface area contributed by atoms with E-state index in [4.69, 9.17) is 9.47 Å². The van der Waals surface area contributed by atoms with Crippen molar-refractivity contribution in [2.75, 3.05) is 7.11 Å². The minimum Gasteiger partial charge on any atom is -0.497 e. The predicted molar refractivity (Wildman–Crippen MR) is 91.5 cm³/mol. The van der Waals surface area contributed by atoms with E-state index in [0.717, 1.165) is 22.0 Å². The van der Waals surface area contributed by atoms with Gasteiger partial charge in [0.05, 0.1) is 23.8 Å². The van der Waals surface area contributed by atoms with E-state index in [0.29, 0.717) is 5.75 Å². The molecule has 0 aliphatic heterocycles. The number of hydrogen-bond donors (Lipinski definition) is 0. The third-order valence-corrected chi connectivity index (χ3v) is 4.22. The van der Waals surface area contributed by atoms with Crippen LogP contribution in [0, 0.1) is 10.1 Å². The second kappa shape index (κ2) is 7.10. The fourth-order valence-corrected chi connectivity index (χ4v) is 2.91. The summed E-state index contributed by atoms with van der Waals surface area (Å²) in [7, 11) is 1.62. The van der Waals surface area contributed by atoms with Gasteiger partial charge in [-0.25, -0.2) is 4.98 Å². The maximum absolute atomic E-state index is 10.8. The van der Waals surface area contributed by atoms with Crippen molar-refractivity contribution < 1.29 is 14.4 Å². The Morgan fingerprint density at radius 1 is 1.17 bits per heavy atom. The molecule has 0 fully saturated rings. The monoisotopic (exact) mass is 342 g/mol. The number of ether oxygens (including phenoxy) is 2. The summed E-state index contributed by atoms with van der Waals surface area (Å²) < 4.78 is 10.8.